The zero-order chi connectivity index (χ0) is 14.8. The Morgan fingerprint density at radius 1 is 1.45 bits per heavy atom. The van der Waals surface area contributed by atoms with E-state index < -0.39 is 10.0 Å². The van der Waals surface area contributed by atoms with Gasteiger partial charge in [0.25, 0.3) is 0 Å². The number of hydrogen-bond acceptors (Lipinski definition) is 5. The minimum atomic E-state index is -3.58. The molecular formula is C12H23N5O2S. The second-order valence-corrected chi connectivity index (χ2v) is 7.21. The lowest BCUT2D eigenvalue weighted by Gasteiger charge is -2.13. The molecule has 0 bridgehead atoms. The van der Waals surface area contributed by atoms with E-state index in [1.165, 1.54) is 6.20 Å². The van der Waals surface area contributed by atoms with Crippen LogP contribution in [0.15, 0.2) is 11.1 Å². The Labute approximate surface area is 120 Å². The second kappa shape index (κ2) is 6.11. The average Bonchev–Trinajstić information content (AvgIpc) is 2.96. The molecule has 1 heterocycles. The highest BCUT2D eigenvalue weighted by molar-refractivity contribution is 7.89. The van der Waals surface area contributed by atoms with Gasteiger partial charge in [0, 0.05) is 13.1 Å². The molecule has 2 rings (SSSR count). The van der Waals surface area contributed by atoms with E-state index in [2.05, 4.69) is 9.82 Å². The number of nitrogen functional groups attached to an aromatic ring is 1. The van der Waals surface area contributed by atoms with Gasteiger partial charge in [-0.15, -0.1) is 0 Å². The molecule has 0 spiro atoms. The minimum absolute atomic E-state index is 0.0863. The molecule has 1 aliphatic rings. The summed E-state index contributed by atoms with van der Waals surface area (Å²) in [6.45, 7) is 0.985. The normalized spacial score (nSPS) is 17.1. The summed E-state index contributed by atoms with van der Waals surface area (Å²) in [7, 11) is 0.199. The van der Waals surface area contributed by atoms with Gasteiger partial charge in [-0.3, -0.25) is 0 Å². The first-order valence-electron chi connectivity index (χ1n) is 6.89. The first kappa shape index (κ1) is 15.3. The molecule has 0 radical (unpaired) electrons. The first-order chi connectivity index (χ1) is 9.42. The van der Waals surface area contributed by atoms with Gasteiger partial charge in [0.15, 0.2) is 0 Å². The smallest absolute Gasteiger partial charge is 0.245 e. The molecule has 114 valence electrons. The van der Waals surface area contributed by atoms with Gasteiger partial charge in [0.05, 0.1) is 12.2 Å². The minimum Gasteiger partial charge on any atom is -0.383 e. The number of anilines is 1. The maximum absolute atomic E-state index is 12.2. The molecule has 1 aliphatic carbocycles. The standard InChI is InChI=1S/C12H23N5O2S/c1-16(2)8-7-15-20(18,19)11-9-14-17(12(11)13)10-5-3-4-6-10/h9-10,15H,3-8,13H2,1-2H3. The third kappa shape index (κ3) is 3.31. The molecule has 1 saturated carbocycles. The number of sulfonamides is 1. The predicted octanol–water partition coefficient (Wildman–Crippen LogP) is 0.420. The maximum atomic E-state index is 12.2. The Bertz CT molecular complexity index is 546. The van der Waals surface area contributed by atoms with E-state index in [-0.39, 0.29) is 16.8 Å². The van der Waals surface area contributed by atoms with Crippen molar-refractivity contribution in [2.45, 2.75) is 36.6 Å². The Morgan fingerprint density at radius 3 is 2.70 bits per heavy atom. The molecule has 3 N–H and O–H groups in total. The fraction of sp³-hybridized carbons (Fsp3) is 0.750. The molecule has 1 aromatic rings. The second-order valence-electron chi connectivity index (χ2n) is 5.48. The maximum Gasteiger partial charge on any atom is 0.245 e. The van der Waals surface area contributed by atoms with Gasteiger partial charge in [-0.25, -0.2) is 17.8 Å². The van der Waals surface area contributed by atoms with E-state index in [4.69, 9.17) is 5.73 Å². The Kier molecular flexibility index (Phi) is 4.66. The van der Waals surface area contributed by atoms with Crippen LogP contribution in [0.1, 0.15) is 31.7 Å². The zero-order valence-corrected chi connectivity index (χ0v) is 12.9. The van der Waals surface area contributed by atoms with E-state index >= 15 is 0 Å². The summed E-state index contributed by atoms with van der Waals surface area (Å²) >= 11 is 0. The highest BCUT2D eigenvalue weighted by atomic mass is 32.2. The van der Waals surface area contributed by atoms with Crippen molar-refractivity contribution in [2.24, 2.45) is 0 Å². The van der Waals surface area contributed by atoms with Gasteiger partial charge in [-0.1, -0.05) is 12.8 Å². The summed E-state index contributed by atoms with van der Waals surface area (Å²) in [6.07, 6.45) is 5.67. The van der Waals surface area contributed by atoms with E-state index in [1.54, 1.807) is 4.68 Å². The number of rotatable bonds is 6. The fourth-order valence-electron chi connectivity index (χ4n) is 2.48. The van der Waals surface area contributed by atoms with Crippen LogP contribution in [0.4, 0.5) is 5.82 Å². The average molecular weight is 301 g/mol. The van der Waals surface area contributed by atoms with E-state index in [0.717, 1.165) is 25.7 Å². The number of nitrogens with one attached hydrogen (secondary N) is 1. The van der Waals surface area contributed by atoms with Crippen LogP contribution in [-0.2, 0) is 10.0 Å². The van der Waals surface area contributed by atoms with Crippen molar-refractivity contribution in [3.05, 3.63) is 6.20 Å². The van der Waals surface area contributed by atoms with Crippen molar-refractivity contribution in [3.8, 4) is 0 Å². The summed E-state index contributed by atoms with van der Waals surface area (Å²) in [5.74, 6) is 0.245. The molecule has 0 aliphatic heterocycles. The first-order valence-corrected chi connectivity index (χ1v) is 8.37. The van der Waals surface area contributed by atoms with Crippen LogP contribution in [0.5, 0.6) is 0 Å². The number of aromatic nitrogens is 2. The van der Waals surface area contributed by atoms with Gasteiger partial charge in [0.2, 0.25) is 10.0 Å². The third-order valence-corrected chi connectivity index (χ3v) is 5.09. The van der Waals surface area contributed by atoms with Gasteiger partial charge in [0.1, 0.15) is 10.7 Å². The van der Waals surface area contributed by atoms with Crippen molar-refractivity contribution >= 4 is 15.8 Å². The van der Waals surface area contributed by atoms with Gasteiger partial charge < -0.3 is 10.6 Å². The van der Waals surface area contributed by atoms with Gasteiger partial charge in [-0.2, -0.15) is 5.10 Å². The largest absolute Gasteiger partial charge is 0.383 e. The molecule has 0 unspecified atom stereocenters. The molecule has 0 saturated heterocycles. The van der Waals surface area contributed by atoms with Gasteiger partial charge >= 0.3 is 0 Å². The summed E-state index contributed by atoms with van der Waals surface area (Å²) in [5, 5.41) is 4.17. The molecule has 8 heteroatoms. The molecule has 1 fully saturated rings. The Morgan fingerprint density at radius 2 is 2.10 bits per heavy atom. The quantitative estimate of drug-likeness (QED) is 0.794. The van der Waals surface area contributed by atoms with Crippen LogP contribution in [0.3, 0.4) is 0 Å². The monoisotopic (exact) mass is 301 g/mol. The predicted molar refractivity (Wildman–Crippen MR) is 77.9 cm³/mol. The Balaban J connectivity index is 2.11. The molecule has 1 aromatic heterocycles. The van der Waals surface area contributed by atoms with Crippen LogP contribution in [0.2, 0.25) is 0 Å². The van der Waals surface area contributed by atoms with Crippen molar-refractivity contribution in [2.75, 3.05) is 32.9 Å². The summed E-state index contributed by atoms with van der Waals surface area (Å²) in [4.78, 5) is 2.00. The van der Waals surface area contributed by atoms with Crippen LogP contribution >= 0.6 is 0 Å². The molecular weight excluding hydrogens is 278 g/mol. The fourth-order valence-corrected chi connectivity index (χ4v) is 3.55. The van der Waals surface area contributed by atoms with Crippen LogP contribution in [-0.4, -0.2) is 50.3 Å². The summed E-state index contributed by atoms with van der Waals surface area (Å²) < 4.78 is 28.6. The number of hydrogen-bond donors (Lipinski definition) is 2. The molecule has 0 amide bonds. The lowest BCUT2D eigenvalue weighted by molar-refractivity contribution is 0.412. The van der Waals surface area contributed by atoms with Crippen LogP contribution in [0, 0.1) is 0 Å². The zero-order valence-electron chi connectivity index (χ0n) is 12.0. The van der Waals surface area contributed by atoms with Crippen molar-refractivity contribution in [1.82, 2.24) is 19.4 Å². The number of likely N-dealkylation sites (N-methyl/N-ethyl adjacent to an activating group) is 1. The summed E-state index contributed by atoms with van der Waals surface area (Å²) in [5.41, 5.74) is 5.97. The SMILES string of the molecule is CN(C)CCNS(=O)(=O)c1cnn(C2CCCC2)c1N. The van der Waals surface area contributed by atoms with Crippen molar-refractivity contribution in [1.29, 1.82) is 0 Å². The molecule has 7 nitrogen and oxygen atoms in total. The number of nitrogens with two attached hydrogens (primary N) is 1. The van der Waals surface area contributed by atoms with Crippen molar-refractivity contribution < 1.29 is 8.42 Å². The molecule has 0 atom stereocenters. The van der Waals surface area contributed by atoms with E-state index in [0.29, 0.717) is 13.1 Å². The summed E-state index contributed by atoms with van der Waals surface area (Å²) in [6, 6.07) is 0.237. The highest BCUT2D eigenvalue weighted by Gasteiger charge is 2.26. The Hall–Kier alpha value is -1.12. The highest BCUT2D eigenvalue weighted by Crippen LogP contribution is 2.32. The van der Waals surface area contributed by atoms with E-state index in [9.17, 15) is 8.42 Å². The van der Waals surface area contributed by atoms with Gasteiger partial charge in [-0.05, 0) is 26.9 Å². The van der Waals surface area contributed by atoms with Crippen LogP contribution < -0.4 is 10.5 Å². The van der Waals surface area contributed by atoms with Crippen LogP contribution in [0.25, 0.3) is 0 Å². The van der Waals surface area contributed by atoms with Crippen molar-refractivity contribution in [3.63, 3.8) is 0 Å². The topological polar surface area (TPSA) is 93.2 Å². The van der Waals surface area contributed by atoms with E-state index in [1.807, 2.05) is 19.0 Å². The molecule has 20 heavy (non-hydrogen) atoms. The lowest BCUT2D eigenvalue weighted by Crippen LogP contribution is -2.31. The lowest BCUT2D eigenvalue weighted by atomic mass is 10.2. The number of nitrogens with zero attached hydrogens (tertiary/aromatic N) is 3. The third-order valence-electron chi connectivity index (χ3n) is 3.61. The molecule has 0 aromatic carbocycles.